The van der Waals surface area contributed by atoms with Crippen molar-refractivity contribution < 1.29 is 4.79 Å². The van der Waals surface area contributed by atoms with Crippen molar-refractivity contribution in [2.24, 2.45) is 23.7 Å². The number of alkyl halides is 2. The van der Waals surface area contributed by atoms with Gasteiger partial charge in [0.2, 0.25) is 0 Å². The molecule has 3 aliphatic rings. The molecule has 0 heterocycles. The molecule has 0 bridgehead atoms. The molecule has 0 aliphatic heterocycles. The summed E-state index contributed by atoms with van der Waals surface area (Å²) in [6.07, 6.45) is 16.1. The van der Waals surface area contributed by atoms with Gasteiger partial charge in [-0.3, -0.25) is 4.79 Å². The molecule has 0 saturated heterocycles. The van der Waals surface area contributed by atoms with Crippen LogP contribution in [0.5, 0.6) is 0 Å². The Labute approximate surface area is 163 Å². The van der Waals surface area contributed by atoms with Gasteiger partial charge in [0.05, 0.1) is 0 Å². The van der Waals surface area contributed by atoms with Gasteiger partial charge in [0, 0.05) is 19.7 Å². The third-order valence-electron chi connectivity index (χ3n) is 6.56. The maximum absolute atomic E-state index is 13.0. The lowest BCUT2D eigenvalue weighted by Gasteiger charge is -2.38. The summed E-state index contributed by atoms with van der Waals surface area (Å²) in [5.41, 5.74) is 0. The Morgan fingerprint density at radius 3 is 2.05 bits per heavy atom. The molecule has 0 aromatic heterocycles. The van der Waals surface area contributed by atoms with Crippen LogP contribution in [0.15, 0.2) is 0 Å². The van der Waals surface area contributed by atoms with Gasteiger partial charge in [0.25, 0.3) is 0 Å². The fourth-order valence-corrected chi connectivity index (χ4v) is 7.08. The van der Waals surface area contributed by atoms with Crippen molar-refractivity contribution in [3.05, 3.63) is 0 Å². The SMILES string of the molecule is O=C(C1CCC(C2CCCCC2)CC1)C1CC(I)CCC1I. The summed E-state index contributed by atoms with van der Waals surface area (Å²) in [4.78, 5) is 13.0. The highest BCUT2D eigenvalue weighted by atomic mass is 127. The Morgan fingerprint density at radius 2 is 1.36 bits per heavy atom. The number of rotatable bonds is 3. The monoisotopic (exact) mass is 528 g/mol. The summed E-state index contributed by atoms with van der Waals surface area (Å²) < 4.78 is 1.34. The number of halogens is 2. The Bertz CT molecular complexity index is 370. The molecule has 0 amide bonds. The molecule has 3 heteroatoms. The second-order valence-electron chi connectivity index (χ2n) is 7.94. The maximum Gasteiger partial charge on any atom is 0.140 e. The summed E-state index contributed by atoms with van der Waals surface area (Å²) >= 11 is 5.12. The third kappa shape index (κ3) is 4.40. The molecule has 3 unspecified atom stereocenters. The second-order valence-corrected chi connectivity index (χ2v) is 11.3. The van der Waals surface area contributed by atoms with Gasteiger partial charge >= 0.3 is 0 Å². The molecule has 3 saturated carbocycles. The van der Waals surface area contributed by atoms with E-state index in [9.17, 15) is 4.79 Å². The quantitative estimate of drug-likeness (QED) is 0.309. The number of carbonyl (C=O) groups excluding carboxylic acids is 1. The van der Waals surface area contributed by atoms with Gasteiger partial charge in [-0.25, -0.2) is 0 Å². The zero-order valence-corrected chi connectivity index (χ0v) is 17.9. The molecule has 0 aromatic carbocycles. The zero-order chi connectivity index (χ0) is 15.5. The molecule has 0 N–H and O–H groups in total. The average Bonchev–Trinajstić information content (AvgIpc) is 2.57. The number of Topliss-reactive ketones (excluding diaryl/α,β-unsaturated/α-hetero) is 1. The minimum absolute atomic E-state index is 0.368. The Hall–Kier alpha value is 1.13. The van der Waals surface area contributed by atoms with Gasteiger partial charge in [-0.1, -0.05) is 77.3 Å². The molecule has 3 aliphatic carbocycles. The minimum Gasteiger partial charge on any atom is -0.299 e. The summed E-state index contributed by atoms with van der Waals surface area (Å²) in [5, 5.41) is 0. The lowest BCUT2D eigenvalue weighted by atomic mass is 9.68. The van der Waals surface area contributed by atoms with Crippen LogP contribution in [0.2, 0.25) is 0 Å². The van der Waals surface area contributed by atoms with Gasteiger partial charge < -0.3 is 0 Å². The van der Waals surface area contributed by atoms with E-state index in [2.05, 4.69) is 45.2 Å². The van der Waals surface area contributed by atoms with Crippen molar-refractivity contribution in [1.29, 1.82) is 0 Å². The van der Waals surface area contributed by atoms with Crippen LogP contribution in [0.1, 0.15) is 77.0 Å². The standard InChI is InChI=1S/C19H30I2O/c20-16-10-11-18(21)17(12-16)19(22)15-8-6-14(7-9-15)13-4-2-1-3-5-13/h13-18H,1-12H2. The lowest BCUT2D eigenvalue weighted by molar-refractivity contribution is -0.128. The highest BCUT2D eigenvalue weighted by Crippen LogP contribution is 2.43. The van der Waals surface area contributed by atoms with E-state index in [0.29, 0.717) is 21.5 Å². The molecular formula is C19H30I2O. The number of hydrogen-bond acceptors (Lipinski definition) is 1. The first-order valence-corrected chi connectivity index (χ1v) is 12.0. The first-order valence-electron chi connectivity index (χ1n) is 9.47. The van der Waals surface area contributed by atoms with Crippen molar-refractivity contribution >= 4 is 51.0 Å². The van der Waals surface area contributed by atoms with Gasteiger partial charge in [-0.15, -0.1) is 0 Å². The Kier molecular flexibility index (Phi) is 6.92. The minimum atomic E-state index is 0.368. The number of hydrogen-bond donors (Lipinski definition) is 0. The van der Waals surface area contributed by atoms with Crippen LogP contribution in [-0.2, 0) is 4.79 Å². The van der Waals surface area contributed by atoms with Crippen LogP contribution in [0.4, 0.5) is 0 Å². The van der Waals surface area contributed by atoms with E-state index in [-0.39, 0.29) is 0 Å². The third-order valence-corrected chi connectivity index (χ3v) is 9.18. The first-order chi connectivity index (χ1) is 10.6. The topological polar surface area (TPSA) is 17.1 Å². The summed E-state index contributed by atoms with van der Waals surface area (Å²) in [6, 6.07) is 0. The van der Waals surface area contributed by atoms with E-state index in [0.717, 1.165) is 22.2 Å². The average molecular weight is 528 g/mol. The van der Waals surface area contributed by atoms with Crippen molar-refractivity contribution in [3.63, 3.8) is 0 Å². The molecule has 3 atom stereocenters. The normalized spacial score (nSPS) is 41.3. The van der Waals surface area contributed by atoms with E-state index in [1.54, 1.807) is 0 Å². The molecule has 0 spiro atoms. The highest BCUT2D eigenvalue weighted by Gasteiger charge is 2.38. The van der Waals surface area contributed by atoms with Gasteiger partial charge in [-0.05, 0) is 56.8 Å². The molecule has 22 heavy (non-hydrogen) atoms. The fraction of sp³-hybridized carbons (Fsp3) is 0.947. The van der Waals surface area contributed by atoms with Gasteiger partial charge in [-0.2, -0.15) is 0 Å². The van der Waals surface area contributed by atoms with E-state index in [4.69, 9.17) is 0 Å². The largest absolute Gasteiger partial charge is 0.299 e. The van der Waals surface area contributed by atoms with Gasteiger partial charge in [0.1, 0.15) is 5.78 Å². The van der Waals surface area contributed by atoms with Gasteiger partial charge in [0.15, 0.2) is 0 Å². The molecule has 3 fully saturated rings. The van der Waals surface area contributed by atoms with Crippen molar-refractivity contribution in [1.82, 2.24) is 0 Å². The first kappa shape index (κ1) is 17.9. The zero-order valence-electron chi connectivity index (χ0n) is 13.6. The van der Waals surface area contributed by atoms with E-state index in [1.807, 2.05) is 0 Å². The second kappa shape index (κ2) is 8.48. The van der Waals surface area contributed by atoms with Crippen molar-refractivity contribution in [2.45, 2.75) is 84.9 Å². The van der Waals surface area contributed by atoms with Crippen LogP contribution < -0.4 is 0 Å². The summed E-state index contributed by atoms with van der Waals surface area (Å²) in [7, 11) is 0. The maximum atomic E-state index is 13.0. The van der Waals surface area contributed by atoms with Crippen LogP contribution in [-0.4, -0.2) is 13.6 Å². The Morgan fingerprint density at radius 1 is 0.727 bits per heavy atom. The number of ketones is 1. The Balaban J connectivity index is 1.51. The van der Waals surface area contributed by atoms with Crippen LogP contribution in [0.3, 0.4) is 0 Å². The molecule has 3 rings (SSSR count). The smallest absolute Gasteiger partial charge is 0.140 e. The van der Waals surface area contributed by atoms with E-state index in [1.165, 1.54) is 70.6 Å². The van der Waals surface area contributed by atoms with E-state index >= 15 is 0 Å². The molecular weight excluding hydrogens is 498 g/mol. The molecule has 126 valence electrons. The van der Waals surface area contributed by atoms with Crippen LogP contribution >= 0.6 is 45.2 Å². The molecule has 1 nitrogen and oxygen atoms in total. The fourth-order valence-electron chi connectivity index (χ4n) is 5.16. The number of carbonyl (C=O) groups is 1. The molecule has 0 aromatic rings. The van der Waals surface area contributed by atoms with Crippen LogP contribution in [0, 0.1) is 23.7 Å². The summed E-state index contributed by atoms with van der Waals surface area (Å²) in [5.74, 6) is 3.36. The predicted octanol–water partition coefficient (Wildman–Crippen LogP) is 6.35. The van der Waals surface area contributed by atoms with Crippen LogP contribution in [0.25, 0.3) is 0 Å². The summed E-state index contributed by atoms with van der Waals surface area (Å²) in [6.45, 7) is 0. The predicted molar refractivity (Wildman–Crippen MR) is 110 cm³/mol. The van der Waals surface area contributed by atoms with Crippen molar-refractivity contribution in [3.8, 4) is 0 Å². The molecule has 0 radical (unpaired) electrons. The van der Waals surface area contributed by atoms with E-state index < -0.39 is 0 Å². The lowest BCUT2D eigenvalue weighted by Crippen LogP contribution is -2.37. The van der Waals surface area contributed by atoms with Crippen molar-refractivity contribution in [2.75, 3.05) is 0 Å². The highest BCUT2D eigenvalue weighted by molar-refractivity contribution is 14.1.